The van der Waals surface area contributed by atoms with Gasteiger partial charge in [0.15, 0.2) is 6.04 Å². The van der Waals surface area contributed by atoms with Crippen LogP contribution in [-0.2, 0) is 19.4 Å². The molecule has 0 radical (unpaired) electrons. The highest BCUT2D eigenvalue weighted by Crippen LogP contribution is 2.36. The molecule has 3 heterocycles. The SMILES string of the molecule is CC(=NC(C(=O)N1CC(F)(F)C[C@@H]1C)C(=S)c1cnc(NC2(C)CCC2)cc1C(F)F)C(=O)NC1CCS(=O)(=O)CC1. The number of carbonyl (C=O) groups is 2. The highest BCUT2D eigenvalue weighted by molar-refractivity contribution is 7.91. The maximum absolute atomic E-state index is 14.3. The molecule has 1 unspecified atom stereocenters. The number of hydrogen-bond acceptors (Lipinski definition) is 8. The molecule has 0 bridgehead atoms. The van der Waals surface area contributed by atoms with Gasteiger partial charge in [-0.1, -0.05) is 12.2 Å². The Labute approximate surface area is 247 Å². The highest BCUT2D eigenvalue weighted by Gasteiger charge is 2.47. The number of aliphatic imine (C=N–C) groups is 1. The van der Waals surface area contributed by atoms with Crippen LogP contribution in [0.15, 0.2) is 17.3 Å². The largest absolute Gasteiger partial charge is 0.365 e. The second-order valence-electron chi connectivity index (χ2n) is 11.8. The lowest BCUT2D eigenvalue weighted by atomic mass is 9.78. The summed E-state index contributed by atoms with van der Waals surface area (Å²) < 4.78 is 80.4. The van der Waals surface area contributed by atoms with Crippen molar-refractivity contribution in [2.24, 2.45) is 4.99 Å². The summed E-state index contributed by atoms with van der Waals surface area (Å²) in [4.78, 5) is 35.6. The molecular weight excluding hydrogens is 598 g/mol. The summed E-state index contributed by atoms with van der Waals surface area (Å²) in [7, 11) is -3.17. The van der Waals surface area contributed by atoms with E-state index in [4.69, 9.17) is 12.2 Å². The highest BCUT2D eigenvalue weighted by atomic mass is 32.2. The summed E-state index contributed by atoms with van der Waals surface area (Å²) in [5.74, 6) is -4.77. The fraction of sp³-hybridized carbons (Fsp3) is 0.667. The first-order valence-corrected chi connectivity index (χ1v) is 16.1. The average molecular weight is 634 g/mol. The normalized spacial score (nSPS) is 24.1. The molecule has 9 nitrogen and oxygen atoms in total. The number of amides is 2. The molecule has 2 aliphatic heterocycles. The van der Waals surface area contributed by atoms with Crippen molar-refractivity contribution in [2.45, 2.75) is 95.3 Å². The lowest BCUT2D eigenvalue weighted by Crippen LogP contribution is -2.46. The van der Waals surface area contributed by atoms with E-state index >= 15 is 0 Å². The minimum atomic E-state index is -3.17. The van der Waals surface area contributed by atoms with Crippen LogP contribution < -0.4 is 10.6 Å². The van der Waals surface area contributed by atoms with E-state index in [1.165, 1.54) is 13.8 Å². The predicted octanol–water partition coefficient (Wildman–Crippen LogP) is 3.87. The number of halogens is 4. The molecule has 2 saturated heterocycles. The molecule has 232 valence electrons. The number of thiocarbonyl (C=S) groups is 1. The molecule has 0 aromatic carbocycles. The molecule has 42 heavy (non-hydrogen) atoms. The van der Waals surface area contributed by atoms with Crippen LogP contribution in [0.1, 0.15) is 76.8 Å². The maximum atomic E-state index is 14.3. The van der Waals surface area contributed by atoms with Crippen LogP contribution in [0.2, 0.25) is 0 Å². The summed E-state index contributed by atoms with van der Waals surface area (Å²) in [5.41, 5.74) is -1.25. The summed E-state index contributed by atoms with van der Waals surface area (Å²) >= 11 is 5.50. The number of carbonyl (C=O) groups excluding carboxylic acids is 2. The Kier molecular flexibility index (Phi) is 9.31. The van der Waals surface area contributed by atoms with Crippen LogP contribution in [0.4, 0.5) is 23.4 Å². The third-order valence-corrected chi connectivity index (χ3v) is 10.3. The zero-order chi connectivity index (χ0) is 31.0. The molecule has 1 saturated carbocycles. The fourth-order valence-corrected chi connectivity index (χ4v) is 7.30. The number of rotatable bonds is 9. The van der Waals surface area contributed by atoms with Crippen molar-refractivity contribution in [1.82, 2.24) is 15.2 Å². The molecular formula is C27H35F4N5O4S2. The van der Waals surface area contributed by atoms with E-state index in [1.807, 2.05) is 6.92 Å². The van der Waals surface area contributed by atoms with Crippen molar-refractivity contribution in [3.05, 3.63) is 23.4 Å². The van der Waals surface area contributed by atoms with Gasteiger partial charge in [0, 0.05) is 41.4 Å². The van der Waals surface area contributed by atoms with Gasteiger partial charge < -0.3 is 15.5 Å². The van der Waals surface area contributed by atoms with E-state index in [9.17, 15) is 35.6 Å². The second kappa shape index (κ2) is 12.1. The number of likely N-dealkylation sites (tertiary alicyclic amines) is 1. The van der Waals surface area contributed by atoms with Gasteiger partial charge in [-0.2, -0.15) is 0 Å². The number of nitrogens with zero attached hydrogens (tertiary/aromatic N) is 3. The number of nitrogens with one attached hydrogen (secondary N) is 2. The molecule has 3 aliphatic rings. The first kappa shape index (κ1) is 32.2. The smallest absolute Gasteiger partial charge is 0.267 e. The summed E-state index contributed by atoms with van der Waals surface area (Å²) in [6, 6.07) is -1.90. The fourth-order valence-electron chi connectivity index (χ4n) is 5.48. The Bertz CT molecular complexity index is 1370. The minimum absolute atomic E-state index is 0.0895. The van der Waals surface area contributed by atoms with Gasteiger partial charge >= 0.3 is 0 Å². The molecule has 1 aromatic heterocycles. The van der Waals surface area contributed by atoms with Crippen LogP contribution in [-0.4, -0.2) is 88.3 Å². The van der Waals surface area contributed by atoms with E-state index in [0.717, 1.165) is 36.4 Å². The van der Waals surface area contributed by atoms with Crippen molar-refractivity contribution in [1.29, 1.82) is 0 Å². The van der Waals surface area contributed by atoms with Crippen molar-refractivity contribution in [2.75, 3.05) is 23.4 Å². The topological polar surface area (TPSA) is 121 Å². The van der Waals surface area contributed by atoms with Crippen molar-refractivity contribution >= 4 is 50.3 Å². The van der Waals surface area contributed by atoms with E-state index in [2.05, 4.69) is 20.6 Å². The van der Waals surface area contributed by atoms with Gasteiger partial charge in [0.25, 0.3) is 24.2 Å². The van der Waals surface area contributed by atoms with E-state index in [0.29, 0.717) is 0 Å². The number of aromatic nitrogens is 1. The summed E-state index contributed by atoms with van der Waals surface area (Å²) in [5, 5.41) is 5.83. The Morgan fingerprint density at radius 3 is 2.38 bits per heavy atom. The molecule has 1 aliphatic carbocycles. The Morgan fingerprint density at radius 2 is 1.86 bits per heavy atom. The van der Waals surface area contributed by atoms with Crippen LogP contribution in [0.5, 0.6) is 0 Å². The molecule has 2 amide bonds. The quantitative estimate of drug-likeness (QED) is 0.183. The summed E-state index contributed by atoms with van der Waals surface area (Å²) in [6.45, 7) is 3.78. The first-order valence-electron chi connectivity index (χ1n) is 13.8. The number of alkyl halides is 4. The predicted molar refractivity (Wildman–Crippen MR) is 154 cm³/mol. The number of sulfone groups is 1. The molecule has 4 rings (SSSR count). The van der Waals surface area contributed by atoms with Gasteiger partial charge in [-0.3, -0.25) is 14.6 Å². The van der Waals surface area contributed by atoms with Crippen LogP contribution in [0, 0.1) is 0 Å². The number of pyridine rings is 1. The van der Waals surface area contributed by atoms with Crippen LogP contribution in [0.25, 0.3) is 0 Å². The van der Waals surface area contributed by atoms with Crippen LogP contribution in [0.3, 0.4) is 0 Å². The lowest BCUT2D eigenvalue weighted by Gasteiger charge is -2.39. The molecule has 2 N–H and O–H groups in total. The van der Waals surface area contributed by atoms with Crippen molar-refractivity contribution < 1.29 is 35.6 Å². The van der Waals surface area contributed by atoms with Gasteiger partial charge in [0.2, 0.25) is 0 Å². The molecule has 2 atom stereocenters. The van der Waals surface area contributed by atoms with Gasteiger partial charge in [-0.05, 0) is 58.9 Å². The van der Waals surface area contributed by atoms with E-state index in [1.54, 1.807) is 0 Å². The van der Waals surface area contributed by atoms with Crippen LogP contribution >= 0.6 is 12.2 Å². The minimum Gasteiger partial charge on any atom is -0.365 e. The number of hydrogen-bond donors (Lipinski definition) is 2. The Morgan fingerprint density at radius 1 is 1.21 bits per heavy atom. The van der Waals surface area contributed by atoms with Gasteiger partial charge in [0.05, 0.1) is 28.6 Å². The monoisotopic (exact) mass is 633 g/mol. The zero-order valence-corrected chi connectivity index (χ0v) is 25.3. The van der Waals surface area contributed by atoms with E-state index in [-0.39, 0.29) is 51.8 Å². The molecule has 0 spiro atoms. The van der Waals surface area contributed by atoms with Crippen molar-refractivity contribution in [3.8, 4) is 0 Å². The van der Waals surface area contributed by atoms with Gasteiger partial charge in [0.1, 0.15) is 15.7 Å². The maximum Gasteiger partial charge on any atom is 0.267 e. The third kappa shape index (κ3) is 7.44. The number of anilines is 1. The third-order valence-electron chi connectivity index (χ3n) is 8.16. The second-order valence-corrected chi connectivity index (χ2v) is 14.5. The van der Waals surface area contributed by atoms with Crippen molar-refractivity contribution in [3.63, 3.8) is 0 Å². The zero-order valence-electron chi connectivity index (χ0n) is 23.6. The molecule has 1 aromatic rings. The first-order chi connectivity index (χ1) is 19.5. The Hall–Kier alpha value is -2.68. The summed E-state index contributed by atoms with van der Waals surface area (Å²) in [6.07, 6.45) is 0.616. The standard InChI is InChI=1S/C27H35F4N5O4S2/c1-15-12-27(30,31)14-36(15)25(38)21(33-16(2)24(37)34-17-5-9-42(39,40)10-6-17)22(41)19-13-32-20(11-18(19)23(28)29)35-26(3)7-4-8-26/h11,13,15,17,21,23H,4-10,12,14H2,1-3H3,(H,32,35)(H,34,37)/t15-,21?/m0/s1. The Balaban J connectivity index is 1.64. The van der Waals surface area contributed by atoms with E-state index < -0.39 is 70.7 Å². The van der Waals surface area contributed by atoms with Gasteiger partial charge in [-0.25, -0.2) is 31.0 Å². The molecule has 15 heteroatoms. The van der Waals surface area contributed by atoms with Gasteiger partial charge in [-0.15, -0.1) is 0 Å². The molecule has 3 fully saturated rings. The lowest BCUT2D eigenvalue weighted by molar-refractivity contribution is -0.132. The average Bonchev–Trinajstić information content (AvgIpc) is 3.18.